The molecule has 1 aromatic heterocycles. The maximum absolute atomic E-state index is 11.3. The number of rotatable bonds is 6. The number of amides is 1. The molecule has 0 bridgehead atoms. The SMILES string of the molecule is CC(CO)NC(=O)CCCc1cccs1. The molecule has 0 aliphatic carbocycles. The summed E-state index contributed by atoms with van der Waals surface area (Å²) in [4.78, 5) is 12.6. The van der Waals surface area contributed by atoms with Gasteiger partial charge in [-0.15, -0.1) is 11.3 Å². The van der Waals surface area contributed by atoms with Crippen LogP contribution >= 0.6 is 11.3 Å². The first-order chi connectivity index (χ1) is 7.22. The van der Waals surface area contributed by atoms with E-state index in [1.54, 1.807) is 18.3 Å². The molecule has 0 spiro atoms. The van der Waals surface area contributed by atoms with Gasteiger partial charge in [0.1, 0.15) is 0 Å². The second-order valence-electron chi connectivity index (χ2n) is 3.58. The Kier molecular flexibility index (Phi) is 5.36. The van der Waals surface area contributed by atoms with Crippen LogP contribution in [0.1, 0.15) is 24.6 Å². The summed E-state index contributed by atoms with van der Waals surface area (Å²) < 4.78 is 0. The van der Waals surface area contributed by atoms with Gasteiger partial charge in [0, 0.05) is 17.3 Å². The second-order valence-corrected chi connectivity index (χ2v) is 4.62. The molecular formula is C11H17NO2S. The summed E-state index contributed by atoms with van der Waals surface area (Å²) in [6, 6.07) is 3.96. The van der Waals surface area contributed by atoms with Crippen molar-refractivity contribution in [3.05, 3.63) is 22.4 Å². The predicted molar refractivity (Wildman–Crippen MR) is 61.9 cm³/mol. The van der Waals surface area contributed by atoms with E-state index in [-0.39, 0.29) is 18.6 Å². The number of aryl methyl sites for hydroxylation is 1. The van der Waals surface area contributed by atoms with Crippen LogP contribution in [-0.4, -0.2) is 23.7 Å². The highest BCUT2D eigenvalue weighted by Crippen LogP contribution is 2.11. The van der Waals surface area contributed by atoms with Gasteiger partial charge in [-0.1, -0.05) is 6.07 Å². The molecule has 2 N–H and O–H groups in total. The van der Waals surface area contributed by atoms with Crippen molar-refractivity contribution in [3.8, 4) is 0 Å². The first-order valence-corrected chi connectivity index (χ1v) is 6.03. The highest BCUT2D eigenvalue weighted by atomic mass is 32.1. The molecule has 1 amide bonds. The molecule has 1 atom stereocenters. The van der Waals surface area contributed by atoms with Crippen LogP contribution in [0, 0.1) is 0 Å². The Morgan fingerprint density at radius 2 is 2.47 bits per heavy atom. The quantitative estimate of drug-likeness (QED) is 0.775. The van der Waals surface area contributed by atoms with Crippen LogP contribution in [0.4, 0.5) is 0 Å². The fourth-order valence-corrected chi connectivity index (χ4v) is 2.02. The van der Waals surface area contributed by atoms with Gasteiger partial charge in [-0.2, -0.15) is 0 Å². The number of carbonyl (C=O) groups excluding carboxylic acids is 1. The van der Waals surface area contributed by atoms with Gasteiger partial charge < -0.3 is 10.4 Å². The molecule has 0 saturated heterocycles. The summed E-state index contributed by atoms with van der Waals surface area (Å²) in [7, 11) is 0. The summed E-state index contributed by atoms with van der Waals surface area (Å²) in [6.07, 6.45) is 2.35. The number of aliphatic hydroxyl groups excluding tert-OH is 1. The van der Waals surface area contributed by atoms with Gasteiger partial charge in [-0.05, 0) is 31.2 Å². The van der Waals surface area contributed by atoms with Gasteiger partial charge in [0.25, 0.3) is 0 Å². The normalized spacial score (nSPS) is 12.4. The Morgan fingerprint density at radius 3 is 3.07 bits per heavy atom. The van der Waals surface area contributed by atoms with Gasteiger partial charge in [-0.3, -0.25) is 4.79 Å². The van der Waals surface area contributed by atoms with Crippen molar-refractivity contribution in [3.63, 3.8) is 0 Å². The number of carbonyl (C=O) groups is 1. The Labute approximate surface area is 94.1 Å². The summed E-state index contributed by atoms with van der Waals surface area (Å²) in [6.45, 7) is 1.79. The van der Waals surface area contributed by atoms with Crippen LogP contribution in [-0.2, 0) is 11.2 Å². The van der Waals surface area contributed by atoms with E-state index in [9.17, 15) is 4.79 Å². The smallest absolute Gasteiger partial charge is 0.220 e. The number of hydrogen-bond donors (Lipinski definition) is 2. The molecule has 1 unspecified atom stereocenters. The summed E-state index contributed by atoms with van der Waals surface area (Å²) in [5, 5.41) is 13.5. The first-order valence-electron chi connectivity index (χ1n) is 5.15. The molecule has 0 aliphatic heterocycles. The van der Waals surface area contributed by atoms with Crippen LogP contribution in [0.25, 0.3) is 0 Å². The second kappa shape index (κ2) is 6.58. The van der Waals surface area contributed by atoms with Crippen LogP contribution in [0.5, 0.6) is 0 Å². The fraction of sp³-hybridized carbons (Fsp3) is 0.545. The molecular weight excluding hydrogens is 210 g/mol. The van der Waals surface area contributed by atoms with Crippen molar-refractivity contribution in [1.29, 1.82) is 0 Å². The van der Waals surface area contributed by atoms with E-state index in [0.717, 1.165) is 12.8 Å². The summed E-state index contributed by atoms with van der Waals surface area (Å²) in [5.74, 6) is 0.0214. The zero-order valence-electron chi connectivity index (χ0n) is 8.90. The molecule has 0 fully saturated rings. The molecule has 3 nitrogen and oxygen atoms in total. The van der Waals surface area contributed by atoms with Crippen LogP contribution in [0.2, 0.25) is 0 Å². The summed E-state index contributed by atoms with van der Waals surface area (Å²) in [5.41, 5.74) is 0. The van der Waals surface area contributed by atoms with Crippen molar-refractivity contribution in [2.24, 2.45) is 0 Å². The third-order valence-electron chi connectivity index (χ3n) is 2.09. The average Bonchev–Trinajstić information content (AvgIpc) is 2.70. The Morgan fingerprint density at radius 1 is 1.67 bits per heavy atom. The van der Waals surface area contributed by atoms with E-state index >= 15 is 0 Å². The number of aliphatic hydroxyl groups is 1. The Bertz CT molecular complexity index is 285. The van der Waals surface area contributed by atoms with Crippen molar-refractivity contribution >= 4 is 17.2 Å². The van der Waals surface area contributed by atoms with Crippen LogP contribution in [0.15, 0.2) is 17.5 Å². The van der Waals surface area contributed by atoms with Gasteiger partial charge in [0.15, 0.2) is 0 Å². The molecule has 1 heterocycles. The van der Waals surface area contributed by atoms with Gasteiger partial charge in [0.2, 0.25) is 5.91 Å². The summed E-state index contributed by atoms with van der Waals surface area (Å²) >= 11 is 1.72. The molecule has 4 heteroatoms. The van der Waals surface area contributed by atoms with Gasteiger partial charge in [-0.25, -0.2) is 0 Å². The standard InChI is InChI=1S/C11H17NO2S/c1-9(8-13)12-11(14)6-2-4-10-5-3-7-15-10/h3,5,7,9,13H,2,4,6,8H2,1H3,(H,12,14). The minimum atomic E-state index is -0.140. The maximum Gasteiger partial charge on any atom is 0.220 e. The van der Waals surface area contributed by atoms with Gasteiger partial charge >= 0.3 is 0 Å². The zero-order chi connectivity index (χ0) is 11.1. The highest BCUT2D eigenvalue weighted by molar-refractivity contribution is 7.09. The minimum absolute atomic E-state index is 0.00331. The van der Waals surface area contributed by atoms with E-state index in [1.807, 2.05) is 11.4 Å². The zero-order valence-corrected chi connectivity index (χ0v) is 9.72. The lowest BCUT2D eigenvalue weighted by Gasteiger charge is -2.09. The maximum atomic E-state index is 11.3. The molecule has 1 aromatic rings. The number of hydrogen-bond acceptors (Lipinski definition) is 3. The molecule has 0 aliphatic rings. The monoisotopic (exact) mass is 227 g/mol. The molecule has 84 valence electrons. The van der Waals surface area contributed by atoms with Crippen molar-refractivity contribution in [2.75, 3.05) is 6.61 Å². The van der Waals surface area contributed by atoms with E-state index in [0.29, 0.717) is 6.42 Å². The minimum Gasteiger partial charge on any atom is -0.394 e. The first kappa shape index (κ1) is 12.2. The van der Waals surface area contributed by atoms with Crippen LogP contribution in [0.3, 0.4) is 0 Å². The molecule has 0 saturated carbocycles. The van der Waals surface area contributed by atoms with Crippen molar-refractivity contribution < 1.29 is 9.90 Å². The average molecular weight is 227 g/mol. The molecule has 0 aromatic carbocycles. The van der Waals surface area contributed by atoms with Crippen LogP contribution < -0.4 is 5.32 Å². The molecule has 1 rings (SSSR count). The lowest BCUT2D eigenvalue weighted by molar-refractivity contribution is -0.122. The highest BCUT2D eigenvalue weighted by Gasteiger charge is 2.05. The van der Waals surface area contributed by atoms with E-state index < -0.39 is 0 Å². The van der Waals surface area contributed by atoms with Crippen molar-refractivity contribution in [1.82, 2.24) is 5.32 Å². The Hall–Kier alpha value is -0.870. The lowest BCUT2D eigenvalue weighted by Crippen LogP contribution is -2.34. The molecule has 15 heavy (non-hydrogen) atoms. The fourth-order valence-electron chi connectivity index (χ4n) is 1.27. The topological polar surface area (TPSA) is 49.3 Å². The third-order valence-corrected chi connectivity index (χ3v) is 3.02. The number of thiophene rings is 1. The lowest BCUT2D eigenvalue weighted by atomic mass is 10.2. The predicted octanol–water partition coefficient (Wildman–Crippen LogP) is 1.57. The molecule has 0 radical (unpaired) electrons. The van der Waals surface area contributed by atoms with E-state index in [4.69, 9.17) is 5.11 Å². The van der Waals surface area contributed by atoms with E-state index in [1.165, 1.54) is 4.88 Å². The number of nitrogens with one attached hydrogen (secondary N) is 1. The largest absolute Gasteiger partial charge is 0.394 e. The van der Waals surface area contributed by atoms with E-state index in [2.05, 4.69) is 11.4 Å². The third kappa shape index (κ3) is 4.95. The Balaban J connectivity index is 2.12. The van der Waals surface area contributed by atoms with Gasteiger partial charge in [0.05, 0.1) is 6.61 Å². The van der Waals surface area contributed by atoms with Crippen molar-refractivity contribution in [2.45, 2.75) is 32.2 Å².